The zero-order valence-corrected chi connectivity index (χ0v) is 17.9. The molecule has 154 valence electrons. The molecule has 0 unspecified atom stereocenters. The van der Waals surface area contributed by atoms with E-state index < -0.39 is 10.0 Å². The van der Waals surface area contributed by atoms with E-state index >= 15 is 0 Å². The monoisotopic (exact) mass is 460 g/mol. The number of carbonyl (C=O) groups is 1. The Kier molecular flexibility index (Phi) is 5.93. The van der Waals surface area contributed by atoms with Crippen LogP contribution in [0.2, 0.25) is 0 Å². The average molecular weight is 461 g/mol. The van der Waals surface area contributed by atoms with Gasteiger partial charge in [0.15, 0.2) is 0 Å². The summed E-state index contributed by atoms with van der Waals surface area (Å²) in [5, 5.41) is 10.3. The number of hydrogen-bond acceptors (Lipinski definition) is 8. The zero-order valence-electron chi connectivity index (χ0n) is 15.4. The molecule has 1 amide bonds. The van der Waals surface area contributed by atoms with Gasteiger partial charge in [-0.2, -0.15) is 4.98 Å². The Morgan fingerprint density at radius 2 is 1.77 bits per heavy atom. The number of nitrogens with zero attached hydrogens (tertiary/aromatic N) is 2. The number of benzene rings is 1. The molecule has 8 nitrogen and oxygen atoms in total. The summed E-state index contributed by atoms with van der Waals surface area (Å²) in [5.74, 6) is 0.558. The van der Waals surface area contributed by atoms with Crippen LogP contribution >= 0.6 is 22.7 Å². The van der Waals surface area contributed by atoms with Gasteiger partial charge >= 0.3 is 0 Å². The second kappa shape index (κ2) is 8.78. The first-order valence-electron chi connectivity index (χ1n) is 8.83. The van der Waals surface area contributed by atoms with E-state index in [4.69, 9.17) is 4.52 Å². The van der Waals surface area contributed by atoms with E-state index in [-0.39, 0.29) is 28.6 Å². The fourth-order valence-electron chi connectivity index (χ4n) is 2.59. The Morgan fingerprint density at radius 1 is 1.00 bits per heavy atom. The van der Waals surface area contributed by atoms with E-state index in [1.54, 1.807) is 35.7 Å². The number of thiophene rings is 2. The number of rotatable bonds is 8. The minimum absolute atomic E-state index is 0.109. The summed E-state index contributed by atoms with van der Waals surface area (Å²) < 4.78 is 32.8. The van der Waals surface area contributed by atoms with Crippen LogP contribution < -0.4 is 10.0 Å². The number of amides is 1. The van der Waals surface area contributed by atoms with Crippen LogP contribution in [0.25, 0.3) is 10.7 Å². The van der Waals surface area contributed by atoms with Crippen LogP contribution in [-0.4, -0.2) is 24.5 Å². The third kappa shape index (κ3) is 4.75. The molecular formula is C19H16N4O4S3. The largest absolute Gasteiger partial charge is 0.339 e. The molecule has 0 spiro atoms. The summed E-state index contributed by atoms with van der Waals surface area (Å²) in [7, 11) is -3.72. The number of nitrogens with one attached hydrogen (secondary N) is 2. The van der Waals surface area contributed by atoms with Crippen molar-refractivity contribution < 1.29 is 17.7 Å². The maximum Gasteiger partial charge on any atom is 0.271 e. The first-order valence-corrected chi connectivity index (χ1v) is 12.1. The molecule has 0 atom stereocenters. The second-order valence-corrected chi connectivity index (χ2v) is 9.93. The summed E-state index contributed by atoms with van der Waals surface area (Å²) in [4.78, 5) is 17.6. The van der Waals surface area contributed by atoms with Crippen LogP contribution in [-0.2, 0) is 21.2 Å². The Labute approximate surface area is 180 Å². The van der Waals surface area contributed by atoms with Crippen molar-refractivity contribution in [3.8, 4) is 10.7 Å². The Balaban J connectivity index is 1.39. The smallest absolute Gasteiger partial charge is 0.271 e. The van der Waals surface area contributed by atoms with Gasteiger partial charge in [-0.05, 0) is 35.0 Å². The number of anilines is 2. The highest BCUT2D eigenvalue weighted by atomic mass is 32.2. The lowest BCUT2D eigenvalue weighted by atomic mass is 10.2. The minimum Gasteiger partial charge on any atom is -0.339 e. The lowest BCUT2D eigenvalue weighted by Gasteiger charge is -2.12. The predicted octanol–water partition coefficient (Wildman–Crippen LogP) is 4.23. The first-order chi connectivity index (χ1) is 14.5. The van der Waals surface area contributed by atoms with E-state index in [2.05, 4.69) is 20.2 Å². The van der Waals surface area contributed by atoms with Crippen LogP contribution in [0.5, 0.6) is 0 Å². The molecule has 1 aromatic carbocycles. The Morgan fingerprint density at radius 3 is 2.50 bits per heavy atom. The third-order valence-corrected chi connectivity index (χ3v) is 7.61. The van der Waals surface area contributed by atoms with E-state index in [1.165, 1.54) is 17.4 Å². The van der Waals surface area contributed by atoms with E-state index in [0.29, 0.717) is 17.4 Å². The number of aryl methyl sites for hydroxylation is 1. The molecule has 4 rings (SSSR count). The third-order valence-electron chi connectivity index (χ3n) is 3.98. The molecule has 0 saturated carbocycles. The normalized spacial score (nSPS) is 11.3. The summed E-state index contributed by atoms with van der Waals surface area (Å²) >= 11 is 2.62. The molecule has 0 radical (unpaired) electrons. The SMILES string of the molecule is O=C(CCc1nc(-c2cccs2)no1)Nc1ccccc1NS(=O)(=O)c1cccs1. The molecule has 30 heavy (non-hydrogen) atoms. The van der Waals surface area contributed by atoms with Gasteiger partial charge in [-0.1, -0.05) is 29.4 Å². The molecule has 11 heteroatoms. The molecular weight excluding hydrogens is 444 g/mol. The molecule has 4 aromatic rings. The van der Waals surface area contributed by atoms with Crippen molar-refractivity contribution in [3.05, 3.63) is 65.2 Å². The highest BCUT2D eigenvalue weighted by molar-refractivity contribution is 7.94. The predicted molar refractivity (Wildman–Crippen MR) is 116 cm³/mol. The molecule has 3 aromatic heterocycles. The van der Waals surface area contributed by atoms with Gasteiger partial charge in [-0.15, -0.1) is 22.7 Å². The molecule has 0 bridgehead atoms. The van der Waals surface area contributed by atoms with E-state index in [9.17, 15) is 13.2 Å². The maximum absolute atomic E-state index is 12.5. The van der Waals surface area contributed by atoms with Gasteiger partial charge in [0, 0.05) is 12.8 Å². The molecule has 0 saturated heterocycles. The highest BCUT2D eigenvalue weighted by Gasteiger charge is 2.18. The number of sulfonamides is 1. The van der Waals surface area contributed by atoms with Crippen molar-refractivity contribution in [1.82, 2.24) is 10.1 Å². The molecule has 0 fully saturated rings. The fourth-order valence-corrected chi connectivity index (χ4v) is 5.31. The van der Waals surface area contributed by atoms with Gasteiger partial charge in [-0.25, -0.2) is 8.42 Å². The van der Waals surface area contributed by atoms with Crippen molar-refractivity contribution in [3.63, 3.8) is 0 Å². The van der Waals surface area contributed by atoms with Crippen molar-refractivity contribution in [2.75, 3.05) is 10.0 Å². The average Bonchev–Trinajstić information content (AvgIpc) is 3.49. The topological polar surface area (TPSA) is 114 Å². The van der Waals surface area contributed by atoms with Gasteiger partial charge in [-0.3, -0.25) is 9.52 Å². The number of carbonyl (C=O) groups excluding carboxylic acids is 1. The van der Waals surface area contributed by atoms with Gasteiger partial charge in [0.2, 0.25) is 17.6 Å². The van der Waals surface area contributed by atoms with Crippen molar-refractivity contribution >= 4 is 50.0 Å². The van der Waals surface area contributed by atoms with Crippen LogP contribution in [0.4, 0.5) is 11.4 Å². The standard InChI is InChI=1S/C19H16N4O4S3/c24-16(9-10-17-21-19(22-27-17)15-7-3-11-28-15)20-13-5-1-2-6-14(13)23-30(25,26)18-8-4-12-29-18/h1-8,11-12,23H,9-10H2,(H,20,24). The van der Waals surface area contributed by atoms with Gasteiger partial charge < -0.3 is 9.84 Å². The minimum atomic E-state index is -3.72. The molecule has 0 aliphatic carbocycles. The van der Waals surface area contributed by atoms with Crippen molar-refractivity contribution in [2.45, 2.75) is 17.1 Å². The van der Waals surface area contributed by atoms with Crippen LogP contribution in [0.3, 0.4) is 0 Å². The summed E-state index contributed by atoms with van der Waals surface area (Å²) in [6.45, 7) is 0. The summed E-state index contributed by atoms with van der Waals surface area (Å²) in [6.07, 6.45) is 0.380. The van der Waals surface area contributed by atoms with Crippen LogP contribution in [0.15, 0.2) is 68.0 Å². The zero-order chi connectivity index (χ0) is 21.0. The van der Waals surface area contributed by atoms with Crippen LogP contribution in [0.1, 0.15) is 12.3 Å². The highest BCUT2D eigenvalue weighted by Crippen LogP contribution is 2.26. The number of para-hydroxylation sites is 2. The number of aromatic nitrogens is 2. The van der Waals surface area contributed by atoms with E-state index in [1.807, 2.05) is 17.5 Å². The maximum atomic E-state index is 12.5. The molecule has 0 aliphatic rings. The van der Waals surface area contributed by atoms with Gasteiger partial charge in [0.25, 0.3) is 10.0 Å². The molecule has 2 N–H and O–H groups in total. The Bertz CT molecular complexity index is 1230. The van der Waals surface area contributed by atoms with Crippen LogP contribution in [0, 0.1) is 0 Å². The van der Waals surface area contributed by atoms with E-state index in [0.717, 1.165) is 16.2 Å². The second-order valence-electron chi connectivity index (χ2n) is 6.12. The molecule has 0 aliphatic heterocycles. The quantitative estimate of drug-likeness (QED) is 0.407. The molecule has 3 heterocycles. The van der Waals surface area contributed by atoms with Crippen molar-refractivity contribution in [2.24, 2.45) is 0 Å². The van der Waals surface area contributed by atoms with Gasteiger partial charge in [0.05, 0.1) is 16.3 Å². The fraction of sp³-hybridized carbons (Fsp3) is 0.105. The number of hydrogen-bond donors (Lipinski definition) is 2. The first kappa shape index (κ1) is 20.3. The van der Waals surface area contributed by atoms with Crippen molar-refractivity contribution in [1.29, 1.82) is 0 Å². The Hall–Kier alpha value is -3.02. The summed E-state index contributed by atoms with van der Waals surface area (Å²) in [5.41, 5.74) is 0.657. The lowest BCUT2D eigenvalue weighted by Crippen LogP contribution is -2.16. The summed E-state index contributed by atoms with van der Waals surface area (Å²) in [6, 6.07) is 13.6. The lowest BCUT2D eigenvalue weighted by molar-refractivity contribution is -0.116. The van der Waals surface area contributed by atoms with Gasteiger partial charge in [0.1, 0.15) is 4.21 Å².